The summed E-state index contributed by atoms with van der Waals surface area (Å²) in [5.74, 6) is 0.394. The summed E-state index contributed by atoms with van der Waals surface area (Å²) < 4.78 is 11.0. The first kappa shape index (κ1) is 14.9. The second-order valence-electron chi connectivity index (χ2n) is 4.40. The average molecular weight is 311 g/mol. The first-order valence-electron chi connectivity index (χ1n) is 6.21. The Labute approximate surface area is 125 Å². The van der Waals surface area contributed by atoms with Gasteiger partial charge in [-0.2, -0.15) is 0 Å². The number of pyridine rings is 1. The van der Waals surface area contributed by atoms with Gasteiger partial charge in [-0.15, -0.1) is 0 Å². The van der Waals surface area contributed by atoms with Crippen LogP contribution < -0.4 is 5.32 Å². The fourth-order valence-electron chi connectivity index (χ4n) is 1.90. The van der Waals surface area contributed by atoms with Crippen molar-refractivity contribution in [2.75, 3.05) is 18.6 Å². The molecule has 1 atom stereocenters. The maximum Gasteiger partial charge on any atom is 0.252 e. The zero-order chi connectivity index (χ0) is 14.5. The molecule has 2 aromatic rings. The minimum Gasteiger partial charge on any atom is -0.352 e. The van der Waals surface area contributed by atoms with Gasteiger partial charge in [0.25, 0.3) is 5.91 Å². The lowest BCUT2D eigenvalue weighted by atomic mass is 10.1. The zero-order valence-corrected chi connectivity index (χ0v) is 12.6. The number of hydrogen-bond acceptors (Lipinski definition) is 3. The Kier molecular flexibility index (Phi) is 5.09. The van der Waals surface area contributed by atoms with Crippen molar-refractivity contribution in [3.8, 4) is 0 Å². The predicted octanol–water partition coefficient (Wildman–Crippen LogP) is 2.39. The standard InChI is InChI=1S/C14H15ClN2O2S/c1-20(19)8-4-7-16-14(18)11-9-13(15)17-12-6-3-2-5-10(11)12/h2-3,5-6,9H,4,7-8H2,1H3,(H,16,18). The smallest absolute Gasteiger partial charge is 0.252 e. The highest BCUT2D eigenvalue weighted by Gasteiger charge is 2.11. The quantitative estimate of drug-likeness (QED) is 0.681. The zero-order valence-electron chi connectivity index (χ0n) is 11.1. The van der Waals surface area contributed by atoms with Gasteiger partial charge in [0.05, 0.1) is 11.1 Å². The summed E-state index contributed by atoms with van der Waals surface area (Å²) in [5.41, 5.74) is 1.21. The maximum absolute atomic E-state index is 12.2. The van der Waals surface area contributed by atoms with E-state index in [0.717, 1.165) is 5.39 Å². The second-order valence-corrected chi connectivity index (χ2v) is 6.34. The second kappa shape index (κ2) is 6.81. The predicted molar refractivity (Wildman–Crippen MR) is 82.6 cm³/mol. The molecule has 0 radical (unpaired) electrons. The van der Waals surface area contributed by atoms with Gasteiger partial charge in [-0.3, -0.25) is 9.00 Å². The third-order valence-electron chi connectivity index (χ3n) is 2.82. The molecule has 1 amide bonds. The number of carbonyl (C=O) groups is 1. The molecule has 0 aliphatic carbocycles. The Morgan fingerprint density at radius 1 is 1.40 bits per heavy atom. The fraction of sp³-hybridized carbons (Fsp3) is 0.286. The molecule has 0 fully saturated rings. The lowest BCUT2D eigenvalue weighted by Gasteiger charge is -2.08. The van der Waals surface area contributed by atoms with Crippen molar-refractivity contribution in [2.24, 2.45) is 0 Å². The third kappa shape index (κ3) is 3.77. The van der Waals surface area contributed by atoms with Gasteiger partial charge >= 0.3 is 0 Å². The maximum atomic E-state index is 12.2. The molecule has 1 heterocycles. The van der Waals surface area contributed by atoms with Gasteiger partial charge < -0.3 is 5.32 Å². The topological polar surface area (TPSA) is 59.1 Å². The summed E-state index contributed by atoms with van der Waals surface area (Å²) in [5, 5.41) is 3.88. The molecule has 1 N–H and O–H groups in total. The number of benzene rings is 1. The number of nitrogens with one attached hydrogen (secondary N) is 1. The lowest BCUT2D eigenvalue weighted by Crippen LogP contribution is -2.25. The molecule has 6 heteroatoms. The molecule has 0 aliphatic rings. The van der Waals surface area contributed by atoms with Crippen LogP contribution in [0.2, 0.25) is 5.15 Å². The minimum atomic E-state index is -0.833. The van der Waals surface area contributed by atoms with Crippen molar-refractivity contribution < 1.29 is 9.00 Å². The van der Waals surface area contributed by atoms with E-state index in [0.29, 0.717) is 35.0 Å². The van der Waals surface area contributed by atoms with Gasteiger partial charge in [0, 0.05) is 34.7 Å². The van der Waals surface area contributed by atoms with Gasteiger partial charge in [-0.1, -0.05) is 29.8 Å². The van der Waals surface area contributed by atoms with Crippen LogP contribution in [0.5, 0.6) is 0 Å². The molecular weight excluding hydrogens is 296 g/mol. The molecule has 4 nitrogen and oxygen atoms in total. The van der Waals surface area contributed by atoms with Crippen LogP contribution >= 0.6 is 11.6 Å². The number of aromatic nitrogens is 1. The Bertz CT molecular complexity index is 661. The molecule has 20 heavy (non-hydrogen) atoms. The molecule has 1 unspecified atom stereocenters. The molecular formula is C14H15ClN2O2S. The first-order chi connectivity index (χ1) is 9.58. The number of rotatable bonds is 5. The van der Waals surface area contributed by atoms with Crippen LogP contribution in [0.25, 0.3) is 10.9 Å². The van der Waals surface area contributed by atoms with E-state index in [1.54, 1.807) is 12.3 Å². The number of amides is 1. The minimum absolute atomic E-state index is 0.188. The van der Waals surface area contributed by atoms with Gasteiger partial charge in [-0.25, -0.2) is 4.98 Å². The van der Waals surface area contributed by atoms with E-state index >= 15 is 0 Å². The summed E-state index contributed by atoms with van der Waals surface area (Å²) in [6.45, 7) is 0.493. The third-order valence-corrected chi connectivity index (χ3v) is 3.88. The molecule has 0 aliphatic heterocycles. The van der Waals surface area contributed by atoms with Crippen LogP contribution in [-0.2, 0) is 10.8 Å². The highest BCUT2D eigenvalue weighted by molar-refractivity contribution is 7.84. The molecule has 0 spiro atoms. The number of nitrogens with zero attached hydrogens (tertiary/aromatic N) is 1. The van der Waals surface area contributed by atoms with E-state index in [-0.39, 0.29) is 5.91 Å². The normalized spacial score (nSPS) is 12.3. The molecule has 0 saturated carbocycles. The van der Waals surface area contributed by atoms with E-state index in [4.69, 9.17) is 11.6 Å². The Hall–Kier alpha value is -1.46. The molecule has 1 aromatic carbocycles. The van der Waals surface area contributed by atoms with Crippen LogP contribution in [0, 0.1) is 0 Å². The largest absolute Gasteiger partial charge is 0.352 e. The van der Waals surface area contributed by atoms with E-state index in [1.165, 1.54) is 0 Å². The van der Waals surface area contributed by atoms with Crippen LogP contribution in [0.4, 0.5) is 0 Å². The first-order valence-corrected chi connectivity index (χ1v) is 8.32. The van der Waals surface area contributed by atoms with Crippen LogP contribution in [0.15, 0.2) is 30.3 Å². The highest BCUT2D eigenvalue weighted by Crippen LogP contribution is 2.20. The summed E-state index contributed by atoms with van der Waals surface area (Å²) in [6.07, 6.45) is 2.34. The lowest BCUT2D eigenvalue weighted by molar-refractivity contribution is 0.0955. The molecule has 0 saturated heterocycles. The molecule has 1 aromatic heterocycles. The number of halogens is 1. The van der Waals surface area contributed by atoms with Crippen molar-refractivity contribution in [3.05, 3.63) is 41.0 Å². The molecule has 0 bridgehead atoms. The SMILES string of the molecule is CS(=O)CCCNC(=O)c1cc(Cl)nc2ccccc12. The van der Waals surface area contributed by atoms with Crippen molar-refractivity contribution in [3.63, 3.8) is 0 Å². The molecule has 106 valence electrons. The number of para-hydroxylation sites is 1. The molecule has 2 rings (SSSR count). The van der Waals surface area contributed by atoms with E-state index in [1.807, 2.05) is 24.3 Å². The van der Waals surface area contributed by atoms with Crippen molar-refractivity contribution in [2.45, 2.75) is 6.42 Å². The monoisotopic (exact) mass is 310 g/mol. The van der Waals surface area contributed by atoms with Crippen LogP contribution in [0.3, 0.4) is 0 Å². The van der Waals surface area contributed by atoms with Gasteiger partial charge in [0.15, 0.2) is 0 Å². The Morgan fingerprint density at radius 3 is 2.90 bits per heavy atom. The Balaban J connectivity index is 2.15. The van der Waals surface area contributed by atoms with Gasteiger partial charge in [0.1, 0.15) is 5.15 Å². The fourth-order valence-corrected chi connectivity index (χ4v) is 2.65. The summed E-state index contributed by atoms with van der Waals surface area (Å²) in [6, 6.07) is 8.93. The van der Waals surface area contributed by atoms with Crippen LogP contribution in [0.1, 0.15) is 16.8 Å². The van der Waals surface area contributed by atoms with E-state index in [9.17, 15) is 9.00 Å². The van der Waals surface area contributed by atoms with Gasteiger partial charge in [0.2, 0.25) is 0 Å². The van der Waals surface area contributed by atoms with E-state index < -0.39 is 10.8 Å². The van der Waals surface area contributed by atoms with Gasteiger partial charge in [-0.05, 0) is 18.6 Å². The summed E-state index contributed by atoms with van der Waals surface area (Å²) >= 11 is 5.94. The van der Waals surface area contributed by atoms with Crippen molar-refractivity contribution in [1.29, 1.82) is 0 Å². The summed E-state index contributed by atoms with van der Waals surface area (Å²) in [7, 11) is -0.833. The van der Waals surface area contributed by atoms with E-state index in [2.05, 4.69) is 10.3 Å². The summed E-state index contributed by atoms with van der Waals surface area (Å²) in [4.78, 5) is 16.4. The average Bonchev–Trinajstić information content (AvgIpc) is 2.42. The van der Waals surface area contributed by atoms with Crippen molar-refractivity contribution in [1.82, 2.24) is 10.3 Å². The van der Waals surface area contributed by atoms with Crippen molar-refractivity contribution >= 4 is 39.2 Å². The Morgan fingerprint density at radius 2 is 2.15 bits per heavy atom. The number of fused-ring (bicyclic) bond motifs is 1. The van der Waals surface area contributed by atoms with Crippen LogP contribution in [-0.4, -0.2) is 33.7 Å². The number of carbonyl (C=O) groups excluding carboxylic acids is 1. The highest BCUT2D eigenvalue weighted by atomic mass is 35.5. The number of hydrogen-bond donors (Lipinski definition) is 1.